The second-order valence-electron chi connectivity index (χ2n) is 6.40. The third-order valence-corrected chi connectivity index (χ3v) is 4.60. The van der Waals surface area contributed by atoms with Gasteiger partial charge in [-0.15, -0.1) is 0 Å². The fraction of sp³-hybridized carbons (Fsp3) is 0.562. The van der Waals surface area contributed by atoms with Crippen molar-refractivity contribution in [3.05, 3.63) is 34.6 Å². The number of rotatable bonds is 4. The van der Waals surface area contributed by atoms with Crippen molar-refractivity contribution in [3.8, 4) is 11.4 Å². The van der Waals surface area contributed by atoms with Gasteiger partial charge in [-0.25, -0.2) is 0 Å². The summed E-state index contributed by atoms with van der Waals surface area (Å²) in [7, 11) is 0. The smallest absolute Gasteiger partial charge is 0.396 e. The summed E-state index contributed by atoms with van der Waals surface area (Å²) < 4.78 is 43.2. The van der Waals surface area contributed by atoms with Crippen molar-refractivity contribution >= 4 is 0 Å². The number of hydrogen-bond donors (Lipinski definition) is 1. The zero-order valence-electron chi connectivity index (χ0n) is 13.4. The molecule has 0 unspecified atom stereocenters. The van der Waals surface area contributed by atoms with Gasteiger partial charge in [-0.2, -0.15) is 18.2 Å². The number of pyridine rings is 1. The molecule has 0 aromatic carbocycles. The van der Waals surface area contributed by atoms with E-state index in [0.717, 1.165) is 25.7 Å². The molecule has 0 aliphatic heterocycles. The van der Waals surface area contributed by atoms with Gasteiger partial charge in [-0.3, -0.25) is 4.79 Å². The number of aliphatic hydroxyl groups excluding tert-OH is 1. The molecule has 1 N–H and O–H groups in total. The topological polar surface area (TPSA) is 81.2 Å². The lowest BCUT2D eigenvalue weighted by atomic mass is 9.82. The molecule has 3 rings (SSSR count). The highest BCUT2D eigenvalue weighted by molar-refractivity contribution is 5.52. The molecule has 0 spiro atoms. The molecule has 1 saturated carbocycles. The van der Waals surface area contributed by atoms with Crippen molar-refractivity contribution in [2.24, 2.45) is 11.8 Å². The van der Waals surface area contributed by atoms with E-state index in [2.05, 4.69) is 14.7 Å². The Morgan fingerprint density at radius 1 is 1.24 bits per heavy atom. The van der Waals surface area contributed by atoms with Crippen molar-refractivity contribution in [1.29, 1.82) is 0 Å². The van der Waals surface area contributed by atoms with Gasteiger partial charge in [0.15, 0.2) is 0 Å². The second kappa shape index (κ2) is 6.99. The van der Waals surface area contributed by atoms with Gasteiger partial charge in [0.2, 0.25) is 5.82 Å². The standard InChI is InChI=1S/C16H18F3N3O3/c17-16(18,19)15-20-14(21-25-15)12-5-6-22(13(24)7-12)8-10-1-3-11(9-23)4-2-10/h5-7,10-11,23H,1-4,8-9H2/t10-,11-. The second-order valence-corrected chi connectivity index (χ2v) is 6.40. The maximum absolute atomic E-state index is 12.5. The van der Waals surface area contributed by atoms with E-state index in [-0.39, 0.29) is 23.6 Å². The number of halogens is 3. The van der Waals surface area contributed by atoms with Crippen LogP contribution in [0.4, 0.5) is 13.2 Å². The molecule has 6 nitrogen and oxygen atoms in total. The minimum absolute atomic E-state index is 0.185. The molecule has 0 radical (unpaired) electrons. The highest BCUT2D eigenvalue weighted by Gasteiger charge is 2.38. The molecule has 0 amide bonds. The molecule has 0 saturated heterocycles. The van der Waals surface area contributed by atoms with Gasteiger partial charge >= 0.3 is 12.1 Å². The third kappa shape index (κ3) is 4.09. The Bertz CT molecular complexity index is 777. The van der Waals surface area contributed by atoms with Crippen LogP contribution in [0.3, 0.4) is 0 Å². The summed E-state index contributed by atoms with van der Waals surface area (Å²) in [4.78, 5) is 15.5. The highest BCUT2D eigenvalue weighted by atomic mass is 19.4. The number of aromatic nitrogens is 3. The zero-order valence-corrected chi connectivity index (χ0v) is 13.4. The minimum atomic E-state index is -4.71. The summed E-state index contributed by atoms with van der Waals surface area (Å²) in [6.07, 6.45) is 0.597. The maximum atomic E-state index is 12.5. The van der Waals surface area contributed by atoms with E-state index < -0.39 is 12.1 Å². The van der Waals surface area contributed by atoms with Crippen LogP contribution in [0.5, 0.6) is 0 Å². The van der Waals surface area contributed by atoms with E-state index in [0.29, 0.717) is 18.4 Å². The lowest BCUT2D eigenvalue weighted by molar-refractivity contribution is -0.159. The van der Waals surface area contributed by atoms with Crippen LogP contribution in [-0.2, 0) is 12.7 Å². The van der Waals surface area contributed by atoms with Gasteiger partial charge in [-0.1, -0.05) is 5.16 Å². The summed E-state index contributed by atoms with van der Waals surface area (Å²) >= 11 is 0. The van der Waals surface area contributed by atoms with Crippen LogP contribution in [0.25, 0.3) is 11.4 Å². The van der Waals surface area contributed by atoms with E-state index in [1.807, 2.05) is 0 Å². The average molecular weight is 357 g/mol. The lowest BCUT2D eigenvalue weighted by Gasteiger charge is -2.27. The fourth-order valence-electron chi connectivity index (χ4n) is 3.13. The van der Waals surface area contributed by atoms with Gasteiger partial charge in [-0.05, 0) is 43.6 Å². The number of hydrogen-bond acceptors (Lipinski definition) is 5. The molecule has 136 valence electrons. The Morgan fingerprint density at radius 3 is 2.48 bits per heavy atom. The first-order chi connectivity index (χ1) is 11.9. The first kappa shape index (κ1) is 17.7. The van der Waals surface area contributed by atoms with E-state index >= 15 is 0 Å². The van der Waals surface area contributed by atoms with Gasteiger partial charge in [0.25, 0.3) is 5.56 Å². The summed E-state index contributed by atoms with van der Waals surface area (Å²) in [5, 5.41) is 12.4. The van der Waals surface area contributed by atoms with E-state index in [4.69, 9.17) is 5.11 Å². The molecule has 2 heterocycles. The number of alkyl halides is 3. The van der Waals surface area contributed by atoms with E-state index in [1.54, 1.807) is 6.20 Å². The van der Waals surface area contributed by atoms with Crippen LogP contribution in [0.2, 0.25) is 0 Å². The molecule has 9 heteroatoms. The Balaban J connectivity index is 1.71. The summed E-state index contributed by atoms with van der Waals surface area (Å²) in [5.41, 5.74) is -0.135. The van der Waals surface area contributed by atoms with Gasteiger partial charge < -0.3 is 14.2 Å². The largest absolute Gasteiger partial charge is 0.471 e. The van der Waals surface area contributed by atoms with Crippen molar-refractivity contribution < 1.29 is 22.8 Å². The molecular weight excluding hydrogens is 339 g/mol. The Hall–Kier alpha value is -2.16. The predicted molar refractivity (Wildman–Crippen MR) is 81.5 cm³/mol. The summed E-state index contributed by atoms with van der Waals surface area (Å²) in [6, 6.07) is 2.72. The van der Waals surface area contributed by atoms with Gasteiger partial charge in [0.05, 0.1) is 0 Å². The first-order valence-electron chi connectivity index (χ1n) is 8.09. The minimum Gasteiger partial charge on any atom is -0.396 e. The number of aliphatic hydroxyl groups is 1. The maximum Gasteiger partial charge on any atom is 0.471 e. The molecule has 0 bridgehead atoms. The molecule has 1 fully saturated rings. The molecule has 2 aromatic heterocycles. The summed E-state index contributed by atoms with van der Waals surface area (Å²) in [6.45, 7) is 0.753. The molecular formula is C16H18F3N3O3. The quantitative estimate of drug-likeness (QED) is 0.910. The molecule has 2 aromatic rings. The Morgan fingerprint density at radius 2 is 1.92 bits per heavy atom. The first-order valence-corrected chi connectivity index (χ1v) is 8.09. The fourth-order valence-corrected chi connectivity index (χ4v) is 3.13. The Labute approximate surface area is 141 Å². The van der Waals surface area contributed by atoms with Crippen LogP contribution >= 0.6 is 0 Å². The predicted octanol–water partition coefficient (Wildman–Crippen LogP) is 2.72. The van der Waals surface area contributed by atoms with Crippen molar-refractivity contribution in [3.63, 3.8) is 0 Å². The van der Waals surface area contributed by atoms with Crippen LogP contribution in [-0.4, -0.2) is 26.4 Å². The summed E-state index contributed by atoms with van der Waals surface area (Å²) in [5.74, 6) is -1.00. The Kier molecular flexibility index (Phi) is 4.94. The normalized spacial score (nSPS) is 21.4. The third-order valence-electron chi connectivity index (χ3n) is 4.60. The average Bonchev–Trinajstić information content (AvgIpc) is 3.08. The van der Waals surface area contributed by atoms with Crippen LogP contribution in [0.1, 0.15) is 31.6 Å². The molecule has 1 aliphatic carbocycles. The van der Waals surface area contributed by atoms with Crippen LogP contribution in [0, 0.1) is 11.8 Å². The van der Waals surface area contributed by atoms with Gasteiger partial charge in [0, 0.05) is 31.0 Å². The lowest BCUT2D eigenvalue weighted by Crippen LogP contribution is -2.26. The SMILES string of the molecule is O=c1cc(-c2noc(C(F)(F)F)n2)ccn1C[C@H]1CC[C@H](CO)CC1. The van der Waals surface area contributed by atoms with Crippen LogP contribution < -0.4 is 5.56 Å². The van der Waals surface area contributed by atoms with Crippen molar-refractivity contribution in [1.82, 2.24) is 14.7 Å². The molecule has 1 aliphatic rings. The van der Waals surface area contributed by atoms with Crippen LogP contribution in [0.15, 0.2) is 27.6 Å². The monoisotopic (exact) mass is 357 g/mol. The highest BCUT2D eigenvalue weighted by Crippen LogP contribution is 2.30. The van der Waals surface area contributed by atoms with E-state index in [9.17, 15) is 18.0 Å². The molecule has 25 heavy (non-hydrogen) atoms. The number of nitrogens with zero attached hydrogens (tertiary/aromatic N) is 3. The molecule has 0 atom stereocenters. The van der Waals surface area contributed by atoms with Crippen molar-refractivity contribution in [2.45, 2.75) is 38.4 Å². The van der Waals surface area contributed by atoms with Gasteiger partial charge in [0.1, 0.15) is 0 Å². The van der Waals surface area contributed by atoms with E-state index in [1.165, 1.54) is 16.7 Å². The van der Waals surface area contributed by atoms with Crippen molar-refractivity contribution in [2.75, 3.05) is 6.61 Å². The zero-order chi connectivity index (χ0) is 18.0.